The third-order valence-electron chi connectivity index (χ3n) is 12.8. The first-order valence-corrected chi connectivity index (χ1v) is 20.3. The second kappa shape index (κ2) is 12.4. The molecule has 0 saturated heterocycles. The van der Waals surface area contributed by atoms with Gasteiger partial charge in [-0.25, -0.2) is 0 Å². The molecule has 1 aliphatic rings. The van der Waals surface area contributed by atoms with Gasteiger partial charge in [0.2, 0.25) is 0 Å². The average molecular weight is 739 g/mol. The third kappa shape index (κ3) is 4.77. The molecule has 0 spiro atoms. The topological polar surface area (TPSA) is 13.1 Å². The lowest BCUT2D eigenvalue weighted by Gasteiger charge is -2.26. The van der Waals surface area contributed by atoms with Gasteiger partial charge in [-0.05, 0) is 129 Å². The molecule has 1 heteroatoms. The molecule has 0 fully saturated rings. The van der Waals surface area contributed by atoms with Crippen molar-refractivity contribution in [1.82, 2.24) is 0 Å². The van der Waals surface area contributed by atoms with Crippen molar-refractivity contribution in [3.63, 3.8) is 0 Å². The van der Waals surface area contributed by atoms with Crippen LogP contribution < -0.4 is 0 Å². The fourth-order valence-electron chi connectivity index (χ4n) is 10.3. The zero-order chi connectivity index (χ0) is 38.5. The monoisotopic (exact) mass is 738 g/mol. The maximum atomic E-state index is 6.17. The first kappa shape index (κ1) is 33.0. The zero-order valence-electron chi connectivity index (χ0n) is 32.4. The van der Waals surface area contributed by atoms with E-state index in [0.29, 0.717) is 0 Å². The molecule has 0 bridgehead atoms. The summed E-state index contributed by atoms with van der Waals surface area (Å²) in [7, 11) is 0. The van der Waals surface area contributed by atoms with Crippen molar-refractivity contribution in [3.05, 3.63) is 205 Å². The van der Waals surface area contributed by atoms with Crippen molar-refractivity contribution >= 4 is 54.3 Å². The van der Waals surface area contributed by atoms with Gasteiger partial charge in [0.15, 0.2) is 0 Å². The van der Waals surface area contributed by atoms with Crippen LogP contribution in [0.1, 0.15) is 25.0 Å². The lowest BCUT2D eigenvalue weighted by molar-refractivity contribution is 0.668. The van der Waals surface area contributed by atoms with E-state index >= 15 is 0 Å². The Kier molecular flexibility index (Phi) is 7.04. The van der Waals surface area contributed by atoms with Gasteiger partial charge in [-0.2, -0.15) is 0 Å². The average Bonchev–Trinajstić information content (AvgIpc) is 3.77. The molecule has 1 heterocycles. The van der Waals surface area contributed by atoms with Crippen LogP contribution in [0.5, 0.6) is 0 Å². The standard InChI is InChI=1S/C57H38O/c1-57(2)55-41-19-4-3-14-35(41)28-30-49(55)48-26-13-25-42(56(48)57)38-16-12-18-40(33-38)54-46-23-7-5-21-44(46)53(45-22-6-8-24-47(45)54)39-17-11-15-36(32-39)37-29-31-52-50(34-37)43-20-9-10-27-51(43)58-52/h3-34H,1-2H3. The molecule has 11 aromatic rings. The number of hydrogen-bond donors (Lipinski definition) is 0. The van der Waals surface area contributed by atoms with Crippen LogP contribution in [0.25, 0.3) is 110 Å². The predicted molar refractivity (Wildman–Crippen MR) is 246 cm³/mol. The summed E-state index contributed by atoms with van der Waals surface area (Å²) in [6.45, 7) is 4.81. The van der Waals surface area contributed by atoms with E-state index in [1.807, 2.05) is 12.1 Å². The van der Waals surface area contributed by atoms with Gasteiger partial charge in [0, 0.05) is 16.2 Å². The number of hydrogen-bond acceptors (Lipinski definition) is 1. The molecule has 0 N–H and O–H groups in total. The molecule has 1 aromatic heterocycles. The lowest BCUT2D eigenvalue weighted by atomic mass is 9.77. The van der Waals surface area contributed by atoms with Crippen LogP contribution in [0, 0.1) is 0 Å². The Morgan fingerprint density at radius 3 is 1.52 bits per heavy atom. The highest BCUT2D eigenvalue weighted by molar-refractivity contribution is 6.21. The largest absolute Gasteiger partial charge is 0.456 e. The molecule has 0 amide bonds. The van der Waals surface area contributed by atoms with Crippen LogP contribution in [0.15, 0.2) is 199 Å². The Bertz CT molecular complexity index is 3430. The van der Waals surface area contributed by atoms with Gasteiger partial charge < -0.3 is 4.42 Å². The summed E-state index contributed by atoms with van der Waals surface area (Å²) in [6.07, 6.45) is 0. The molecule has 10 aromatic carbocycles. The maximum Gasteiger partial charge on any atom is 0.135 e. The van der Waals surface area contributed by atoms with Crippen LogP contribution >= 0.6 is 0 Å². The van der Waals surface area contributed by atoms with Gasteiger partial charge in [0.1, 0.15) is 11.2 Å². The third-order valence-corrected chi connectivity index (χ3v) is 12.8. The fourth-order valence-corrected chi connectivity index (χ4v) is 10.3. The summed E-state index contributed by atoms with van der Waals surface area (Å²) in [5.41, 5.74) is 17.1. The summed E-state index contributed by atoms with van der Waals surface area (Å²) >= 11 is 0. The predicted octanol–water partition coefficient (Wildman–Crippen LogP) is 16.0. The minimum Gasteiger partial charge on any atom is -0.456 e. The van der Waals surface area contributed by atoms with Crippen LogP contribution in [-0.2, 0) is 5.41 Å². The summed E-state index contributed by atoms with van der Waals surface area (Å²) in [6, 6.07) is 71.4. The highest BCUT2D eigenvalue weighted by atomic mass is 16.3. The Hall–Kier alpha value is -7.22. The highest BCUT2D eigenvalue weighted by Crippen LogP contribution is 2.55. The van der Waals surface area contributed by atoms with E-state index in [4.69, 9.17) is 4.42 Å². The van der Waals surface area contributed by atoms with E-state index in [-0.39, 0.29) is 5.41 Å². The molecule has 0 atom stereocenters. The Morgan fingerprint density at radius 1 is 0.310 bits per heavy atom. The molecule has 0 unspecified atom stereocenters. The molecule has 0 saturated carbocycles. The number of rotatable bonds is 4. The molecule has 0 radical (unpaired) electrons. The van der Waals surface area contributed by atoms with Gasteiger partial charge in [0.25, 0.3) is 0 Å². The van der Waals surface area contributed by atoms with E-state index < -0.39 is 0 Å². The van der Waals surface area contributed by atoms with Crippen LogP contribution in [-0.4, -0.2) is 0 Å². The number of benzene rings is 10. The van der Waals surface area contributed by atoms with Gasteiger partial charge in [-0.3, -0.25) is 0 Å². The lowest BCUT2D eigenvalue weighted by Crippen LogP contribution is -2.16. The molecule has 0 aliphatic heterocycles. The van der Waals surface area contributed by atoms with Crippen molar-refractivity contribution in [3.8, 4) is 55.6 Å². The van der Waals surface area contributed by atoms with Crippen molar-refractivity contribution in [2.45, 2.75) is 19.3 Å². The van der Waals surface area contributed by atoms with Gasteiger partial charge in [-0.1, -0.05) is 178 Å². The first-order chi connectivity index (χ1) is 28.5. The van der Waals surface area contributed by atoms with Gasteiger partial charge in [-0.15, -0.1) is 0 Å². The van der Waals surface area contributed by atoms with E-state index in [2.05, 4.69) is 196 Å². The first-order valence-electron chi connectivity index (χ1n) is 20.3. The summed E-state index contributed by atoms with van der Waals surface area (Å²) in [5.74, 6) is 0. The van der Waals surface area contributed by atoms with Crippen LogP contribution in [0.2, 0.25) is 0 Å². The SMILES string of the molecule is CC1(C)c2c(-c3cccc(-c4c5ccccc5c(-c5cccc(-c6ccc7oc8ccccc8c7c6)c5)c5ccccc45)c3)cccc2-c2ccc3ccccc3c21. The second-order valence-electron chi connectivity index (χ2n) is 16.4. The number of furan rings is 1. The molecular formula is C57H38O. The molecular weight excluding hydrogens is 701 g/mol. The minimum absolute atomic E-state index is 0.161. The number of fused-ring (bicyclic) bond motifs is 10. The zero-order valence-corrected chi connectivity index (χ0v) is 32.4. The van der Waals surface area contributed by atoms with Gasteiger partial charge >= 0.3 is 0 Å². The van der Waals surface area contributed by atoms with Crippen molar-refractivity contribution < 1.29 is 4.42 Å². The van der Waals surface area contributed by atoms with Crippen molar-refractivity contribution in [2.75, 3.05) is 0 Å². The van der Waals surface area contributed by atoms with Crippen molar-refractivity contribution in [2.24, 2.45) is 0 Å². The fraction of sp³-hybridized carbons (Fsp3) is 0.0526. The maximum absolute atomic E-state index is 6.17. The molecule has 58 heavy (non-hydrogen) atoms. The molecule has 1 nitrogen and oxygen atoms in total. The normalized spacial score (nSPS) is 13.1. The summed E-state index contributed by atoms with van der Waals surface area (Å²) < 4.78 is 6.17. The Labute approximate surface area is 337 Å². The Morgan fingerprint density at radius 2 is 0.810 bits per heavy atom. The summed E-state index contributed by atoms with van der Waals surface area (Å²) in [5, 5.41) is 9.93. The van der Waals surface area contributed by atoms with E-state index in [9.17, 15) is 0 Å². The molecule has 272 valence electrons. The quantitative estimate of drug-likeness (QED) is 0.164. The second-order valence-corrected chi connectivity index (χ2v) is 16.4. The Balaban J connectivity index is 1.02. The highest BCUT2D eigenvalue weighted by Gasteiger charge is 2.38. The van der Waals surface area contributed by atoms with E-state index in [1.165, 1.54) is 99.1 Å². The number of para-hydroxylation sites is 1. The summed E-state index contributed by atoms with van der Waals surface area (Å²) in [4.78, 5) is 0. The molecule has 1 aliphatic carbocycles. The van der Waals surface area contributed by atoms with Crippen LogP contribution in [0.4, 0.5) is 0 Å². The van der Waals surface area contributed by atoms with E-state index in [0.717, 1.165) is 21.9 Å². The van der Waals surface area contributed by atoms with Crippen LogP contribution in [0.3, 0.4) is 0 Å². The minimum atomic E-state index is -0.161. The molecule has 12 rings (SSSR count). The van der Waals surface area contributed by atoms with E-state index in [1.54, 1.807) is 0 Å². The van der Waals surface area contributed by atoms with Crippen molar-refractivity contribution in [1.29, 1.82) is 0 Å². The van der Waals surface area contributed by atoms with Gasteiger partial charge in [0.05, 0.1) is 0 Å². The smallest absolute Gasteiger partial charge is 0.135 e.